The van der Waals surface area contributed by atoms with Gasteiger partial charge in [-0.2, -0.15) is 0 Å². The van der Waals surface area contributed by atoms with Crippen LogP contribution in [0.2, 0.25) is 0 Å². The number of rotatable bonds is 6. The van der Waals surface area contributed by atoms with Gasteiger partial charge in [-0.05, 0) is 36.8 Å². The maximum atomic E-state index is 12.5. The van der Waals surface area contributed by atoms with Crippen LogP contribution in [-0.4, -0.2) is 30.4 Å². The van der Waals surface area contributed by atoms with Gasteiger partial charge in [0.1, 0.15) is 0 Å². The van der Waals surface area contributed by atoms with Crippen molar-refractivity contribution in [1.82, 2.24) is 15.1 Å². The summed E-state index contributed by atoms with van der Waals surface area (Å²) in [5.41, 5.74) is -0.000571. The lowest BCUT2D eigenvalue weighted by Gasteiger charge is -2.15. The van der Waals surface area contributed by atoms with E-state index in [1.54, 1.807) is 43.3 Å². The molecule has 1 aromatic heterocycles. The molecule has 2 N–H and O–H groups in total. The first-order chi connectivity index (χ1) is 13.7. The molecule has 3 rings (SSSR count). The summed E-state index contributed by atoms with van der Waals surface area (Å²) < 4.78 is 24.2. The molecular weight excluding hydrogens is 394 g/mol. The van der Waals surface area contributed by atoms with E-state index in [9.17, 15) is 22.8 Å². The fraction of sp³-hybridized carbons (Fsp3) is 0.250. The van der Waals surface area contributed by atoms with Crippen molar-refractivity contribution in [3.8, 4) is 0 Å². The third-order valence-corrected chi connectivity index (χ3v) is 5.76. The molecule has 0 fully saturated rings. The van der Waals surface area contributed by atoms with E-state index >= 15 is 0 Å². The number of amides is 1. The van der Waals surface area contributed by atoms with Gasteiger partial charge in [0, 0.05) is 12.7 Å². The Balaban J connectivity index is 1.67. The lowest BCUT2D eigenvalue weighted by atomic mass is 10.1. The SMILES string of the molecule is C[C@H](NC(=O)CCn1[nH]c(=O)c2ccccc2c1=O)c1ccc(S(C)(=O)=O)cc1. The third kappa shape index (κ3) is 4.62. The first-order valence-corrected chi connectivity index (χ1v) is 10.9. The summed E-state index contributed by atoms with van der Waals surface area (Å²) in [6.45, 7) is 1.81. The first kappa shape index (κ1) is 20.5. The molecule has 0 unspecified atom stereocenters. The quantitative estimate of drug-likeness (QED) is 0.630. The zero-order valence-electron chi connectivity index (χ0n) is 16.0. The number of carbonyl (C=O) groups is 1. The number of sulfone groups is 1. The fourth-order valence-corrected chi connectivity index (χ4v) is 3.65. The molecule has 152 valence electrons. The highest BCUT2D eigenvalue weighted by molar-refractivity contribution is 7.90. The van der Waals surface area contributed by atoms with Crippen molar-refractivity contribution in [3.05, 3.63) is 74.8 Å². The van der Waals surface area contributed by atoms with Gasteiger partial charge in [-0.1, -0.05) is 24.3 Å². The summed E-state index contributed by atoms with van der Waals surface area (Å²) in [6.07, 6.45) is 1.13. The van der Waals surface area contributed by atoms with Gasteiger partial charge in [-0.3, -0.25) is 19.5 Å². The molecule has 1 amide bonds. The minimum atomic E-state index is -3.28. The Morgan fingerprint density at radius 2 is 1.69 bits per heavy atom. The smallest absolute Gasteiger partial charge is 0.273 e. The number of nitrogens with one attached hydrogen (secondary N) is 2. The van der Waals surface area contributed by atoms with Crippen molar-refractivity contribution in [1.29, 1.82) is 0 Å². The van der Waals surface area contributed by atoms with Gasteiger partial charge >= 0.3 is 0 Å². The van der Waals surface area contributed by atoms with Gasteiger partial charge in [0.25, 0.3) is 11.1 Å². The largest absolute Gasteiger partial charge is 0.350 e. The fourth-order valence-electron chi connectivity index (χ4n) is 3.02. The highest BCUT2D eigenvalue weighted by Crippen LogP contribution is 2.16. The summed E-state index contributed by atoms with van der Waals surface area (Å²) in [6, 6.07) is 12.4. The van der Waals surface area contributed by atoms with Crippen molar-refractivity contribution in [2.24, 2.45) is 0 Å². The van der Waals surface area contributed by atoms with Crippen LogP contribution in [0.15, 0.2) is 63.0 Å². The van der Waals surface area contributed by atoms with Crippen LogP contribution in [0.1, 0.15) is 24.9 Å². The molecule has 1 atom stereocenters. The highest BCUT2D eigenvalue weighted by atomic mass is 32.2. The molecule has 8 nitrogen and oxygen atoms in total. The molecule has 0 saturated heterocycles. The van der Waals surface area contributed by atoms with Crippen molar-refractivity contribution < 1.29 is 13.2 Å². The standard InChI is InChI=1S/C20H21N3O5S/c1-13(14-7-9-15(10-8-14)29(2,27)28)21-18(24)11-12-23-20(26)17-6-4-3-5-16(17)19(25)22-23/h3-10,13H,11-12H2,1-2H3,(H,21,24)(H,22,25)/t13-/m0/s1. The monoisotopic (exact) mass is 415 g/mol. The number of aromatic nitrogens is 2. The molecule has 2 aromatic carbocycles. The summed E-state index contributed by atoms with van der Waals surface area (Å²) >= 11 is 0. The zero-order valence-corrected chi connectivity index (χ0v) is 16.8. The van der Waals surface area contributed by atoms with Crippen molar-refractivity contribution in [2.45, 2.75) is 30.8 Å². The molecule has 0 radical (unpaired) electrons. The van der Waals surface area contributed by atoms with Gasteiger partial charge in [0.15, 0.2) is 9.84 Å². The number of aryl methyl sites for hydroxylation is 1. The van der Waals surface area contributed by atoms with E-state index in [4.69, 9.17) is 0 Å². The topological polar surface area (TPSA) is 118 Å². The van der Waals surface area contributed by atoms with Crippen molar-refractivity contribution in [2.75, 3.05) is 6.26 Å². The van der Waals surface area contributed by atoms with Crippen LogP contribution in [0.3, 0.4) is 0 Å². The van der Waals surface area contributed by atoms with E-state index in [-0.39, 0.29) is 40.9 Å². The Morgan fingerprint density at radius 3 is 2.31 bits per heavy atom. The number of nitrogens with zero attached hydrogens (tertiary/aromatic N) is 1. The summed E-state index contributed by atoms with van der Waals surface area (Å²) in [7, 11) is -3.28. The minimum Gasteiger partial charge on any atom is -0.350 e. The number of benzene rings is 2. The number of hydrogen-bond donors (Lipinski definition) is 2. The molecule has 0 aliphatic rings. The van der Waals surface area contributed by atoms with Crippen LogP contribution in [-0.2, 0) is 21.2 Å². The van der Waals surface area contributed by atoms with Gasteiger partial charge in [-0.25, -0.2) is 13.1 Å². The van der Waals surface area contributed by atoms with Crippen molar-refractivity contribution in [3.63, 3.8) is 0 Å². The summed E-state index contributed by atoms with van der Waals surface area (Å²) in [4.78, 5) is 37.0. The molecular formula is C20H21N3O5S. The summed E-state index contributed by atoms with van der Waals surface area (Å²) in [5.74, 6) is -0.300. The highest BCUT2D eigenvalue weighted by Gasteiger charge is 2.13. The van der Waals surface area contributed by atoms with E-state index in [2.05, 4.69) is 10.4 Å². The van der Waals surface area contributed by atoms with Crippen LogP contribution in [0.5, 0.6) is 0 Å². The second kappa shape index (κ2) is 8.04. The predicted octanol–water partition coefficient (Wildman–Crippen LogP) is 1.36. The van der Waals surface area contributed by atoms with Gasteiger partial charge in [0.2, 0.25) is 5.91 Å². The molecule has 29 heavy (non-hydrogen) atoms. The molecule has 1 heterocycles. The maximum absolute atomic E-state index is 12.5. The molecule has 0 spiro atoms. The number of carbonyl (C=O) groups excluding carboxylic acids is 1. The van der Waals surface area contributed by atoms with Crippen LogP contribution >= 0.6 is 0 Å². The Hall–Kier alpha value is -3.20. The van der Waals surface area contributed by atoms with E-state index in [0.717, 1.165) is 16.5 Å². The number of H-pyrrole nitrogens is 1. The minimum absolute atomic E-state index is 0.0000499. The molecule has 0 aliphatic carbocycles. The first-order valence-electron chi connectivity index (χ1n) is 8.98. The number of aromatic amines is 1. The molecule has 0 aliphatic heterocycles. The Labute approximate surface area is 167 Å². The second-order valence-electron chi connectivity index (χ2n) is 6.82. The van der Waals surface area contributed by atoms with E-state index < -0.39 is 9.84 Å². The van der Waals surface area contributed by atoms with Gasteiger partial charge < -0.3 is 5.32 Å². The van der Waals surface area contributed by atoms with Crippen LogP contribution in [0.25, 0.3) is 10.8 Å². The Morgan fingerprint density at radius 1 is 1.07 bits per heavy atom. The van der Waals surface area contributed by atoms with Gasteiger partial charge in [-0.15, -0.1) is 0 Å². The number of hydrogen-bond acceptors (Lipinski definition) is 5. The zero-order chi connectivity index (χ0) is 21.2. The lowest BCUT2D eigenvalue weighted by Crippen LogP contribution is -2.33. The van der Waals surface area contributed by atoms with E-state index in [1.807, 2.05) is 0 Å². The average molecular weight is 415 g/mol. The normalized spacial score (nSPS) is 12.6. The maximum Gasteiger partial charge on any atom is 0.273 e. The molecule has 9 heteroatoms. The Bertz CT molecular complexity index is 1270. The van der Waals surface area contributed by atoms with Gasteiger partial charge in [0.05, 0.1) is 28.3 Å². The molecule has 3 aromatic rings. The molecule has 0 bridgehead atoms. The summed E-state index contributed by atoms with van der Waals surface area (Å²) in [5, 5.41) is 5.90. The third-order valence-electron chi connectivity index (χ3n) is 4.63. The number of fused-ring (bicyclic) bond motifs is 1. The van der Waals surface area contributed by atoms with Crippen molar-refractivity contribution >= 4 is 26.5 Å². The second-order valence-corrected chi connectivity index (χ2v) is 8.84. The van der Waals surface area contributed by atoms with Crippen LogP contribution < -0.4 is 16.4 Å². The predicted molar refractivity (Wildman–Crippen MR) is 110 cm³/mol. The lowest BCUT2D eigenvalue weighted by molar-refractivity contribution is -0.122. The van der Waals surface area contributed by atoms with E-state index in [1.165, 1.54) is 12.1 Å². The van der Waals surface area contributed by atoms with Crippen LogP contribution in [0, 0.1) is 0 Å². The molecule has 0 saturated carbocycles. The Kier molecular flexibility index (Phi) is 5.69. The average Bonchev–Trinajstić information content (AvgIpc) is 2.69. The van der Waals surface area contributed by atoms with Crippen LogP contribution in [0.4, 0.5) is 0 Å². The van der Waals surface area contributed by atoms with E-state index in [0.29, 0.717) is 10.8 Å².